The molecule has 1 aromatic carbocycles. The van der Waals surface area contributed by atoms with E-state index in [1.807, 2.05) is 47.8 Å². The first kappa shape index (κ1) is 21.9. The molecule has 0 fully saturated rings. The quantitative estimate of drug-likeness (QED) is 0.481. The molecule has 0 bridgehead atoms. The van der Waals surface area contributed by atoms with Gasteiger partial charge >= 0.3 is 0 Å². The van der Waals surface area contributed by atoms with Gasteiger partial charge in [0.2, 0.25) is 0 Å². The molecule has 0 radical (unpaired) electrons. The number of aryl methyl sites for hydroxylation is 2. The first-order chi connectivity index (χ1) is 9.98. The van der Waals surface area contributed by atoms with E-state index in [0.29, 0.717) is 0 Å². The van der Waals surface area contributed by atoms with Crippen LogP contribution >= 0.6 is 0 Å². The van der Waals surface area contributed by atoms with Gasteiger partial charge in [-0.1, -0.05) is 79.2 Å². The Morgan fingerprint density at radius 2 is 1.38 bits per heavy atom. The monoisotopic (exact) mass is 289 g/mol. The van der Waals surface area contributed by atoms with E-state index >= 15 is 0 Å². The molecule has 0 saturated carbocycles. The van der Waals surface area contributed by atoms with Gasteiger partial charge in [0, 0.05) is 17.2 Å². The van der Waals surface area contributed by atoms with Gasteiger partial charge in [0.15, 0.2) is 0 Å². The Balaban J connectivity index is 0. The predicted octanol–water partition coefficient (Wildman–Crippen LogP) is 7.14. The zero-order valence-electron chi connectivity index (χ0n) is 15.8. The van der Waals surface area contributed by atoms with Crippen molar-refractivity contribution in [3.8, 4) is 0 Å². The first-order valence-electron chi connectivity index (χ1n) is 8.34. The minimum absolute atomic E-state index is 0.0549. The van der Waals surface area contributed by atoms with Gasteiger partial charge in [-0.2, -0.15) is 0 Å². The van der Waals surface area contributed by atoms with Crippen LogP contribution in [-0.4, -0.2) is 6.21 Å². The van der Waals surface area contributed by atoms with Gasteiger partial charge in [0.1, 0.15) is 0 Å². The number of hydrogen-bond donors (Lipinski definition) is 0. The van der Waals surface area contributed by atoms with E-state index in [4.69, 9.17) is 0 Å². The largest absolute Gasteiger partial charge is 0.259 e. The number of rotatable bonds is 0. The third-order valence-corrected chi connectivity index (χ3v) is 2.69. The molecule has 0 saturated heterocycles. The molecular formula is C20H35N. The number of fused-ring (bicyclic) bond motifs is 1. The van der Waals surface area contributed by atoms with Crippen molar-refractivity contribution >= 4 is 18.0 Å². The van der Waals surface area contributed by atoms with Gasteiger partial charge < -0.3 is 0 Å². The molecule has 1 heteroatoms. The van der Waals surface area contributed by atoms with Crippen LogP contribution in [0.15, 0.2) is 23.2 Å². The summed E-state index contributed by atoms with van der Waals surface area (Å²) in [7, 11) is 0. The molecule has 2 rings (SSSR count). The fourth-order valence-corrected chi connectivity index (χ4v) is 1.87. The van der Waals surface area contributed by atoms with Gasteiger partial charge in [0.05, 0.1) is 5.69 Å². The highest BCUT2D eigenvalue weighted by atomic mass is 14.7. The molecule has 21 heavy (non-hydrogen) atoms. The van der Waals surface area contributed by atoms with E-state index in [1.54, 1.807) is 0 Å². The van der Waals surface area contributed by atoms with E-state index in [-0.39, 0.29) is 5.41 Å². The topological polar surface area (TPSA) is 12.4 Å². The summed E-state index contributed by atoms with van der Waals surface area (Å²) in [6.07, 6.45) is 6.42. The highest BCUT2D eigenvalue weighted by Gasteiger charge is 2.14. The van der Waals surface area contributed by atoms with Crippen molar-refractivity contribution in [1.29, 1.82) is 0 Å². The molecule has 0 aliphatic carbocycles. The standard InChI is InChI=1S/C14H17N.3C2H6/c1-10-7-11(2)13-12(8-10)5-6-14(3,4)9-15-13;3*1-2/h5-9H,1-4H3;3*1-2H3. The Hall–Kier alpha value is -1.37. The zero-order chi connectivity index (χ0) is 17.1. The van der Waals surface area contributed by atoms with Crippen molar-refractivity contribution in [1.82, 2.24) is 0 Å². The molecule has 0 aromatic heterocycles. The minimum Gasteiger partial charge on any atom is -0.259 e. The molecule has 120 valence electrons. The van der Waals surface area contributed by atoms with Gasteiger partial charge in [-0.05, 0) is 25.5 Å². The summed E-state index contributed by atoms with van der Waals surface area (Å²) >= 11 is 0. The van der Waals surface area contributed by atoms with Crippen molar-refractivity contribution in [2.24, 2.45) is 10.4 Å². The molecule has 1 aliphatic heterocycles. The van der Waals surface area contributed by atoms with Crippen molar-refractivity contribution in [3.63, 3.8) is 0 Å². The van der Waals surface area contributed by atoms with E-state index < -0.39 is 0 Å². The van der Waals surface area contributed by atoms with Gasteiger partial charge in [0.25, 0.3) is 0 Å². The lowest BCUT2D eigenvalue weighted by Gasteiger charge is -2.10. The fourth-order valence-electron chi connectivity index (χ4n) is 1.87. The van der Waals surface area contributed by atoms with Crippen molar-refractivity contribution in [2.45, 2.75) is 69.2 Å². The maximum absolute atomic E-state index is 4.59. The summed E-state index contributed by atoms with van der Waals surface area (Å²) in [5.41, 5.74) is 4.95. The van der Waals surface area contributed by atoms with Crippen molar-refractivity contribution in [2.75, 3.05) is 0 Å². The zero-order valence-corrected chi connectivity index (χ0v) is 15.8. The Bertz CT molecular complexity index is 451. The Labute approximate surface area is 133 Å². The molecule has 1 aromatic rings. The molecule has 1 aliphatic rings. The lowest BCUT2D eigenvalue weighted by molar-refractivity contribution is 0.699. The molecule has 0 spiro atoms. The number of aliphatic imine (C=N–C) groups is 1. The van der Waals surface area contributed by atoms with Gasteiger partial charge in [-0.15, -0.1) is 0 Å². The average molecular weight is 290 g/mol. The highest BCUT2D eigenvalue weighted by Crippen LogP contribution is 2.31. The second-order valence-corrected chi connectivity index (χ2v) is 4.93. The minimum atomic E-state index is 0.0549. The lowest BCUT2D eigenvalue weighted by Crippen LogP contribution is -2.07. The van der Waals surface area contributed by atoms with Crippen LogP contribution in [0.3, 0.4) is 0 Å². The highest BCUT2D eigenvalue weighted by molar-refractivity contribution is 5.81. The SMILES string of the molecule is CC.CC.CC.Cc1cc(C)c2c(c1)C=CC(C)(C)C=N2. The van der Waals surface area contributed by atoms with Crippen molar-refractivity contribution in [3.05, 3.63) is 34.9 Å². The van der Waals surface area contributed by atoms with Crippen LogP contribution in [0.4, 0.5) is 5.69 Å². The predicted molar refractivity (Wildman–Crippen MR) is 101 cm³/mol. The summed E-state index contributed by atoms with van der Waals surface area (Å²) in [4.78, 5) is 4.59. The summed E-state index contributed by atoms with van der Waals surface area (Å²) in [6, 6.07) is 4.37. The third-order valence-electron chi connectivity index (χ3n) is 2.69. The summed E-state index contributed by atoms with van der Waals surface area (Å²) in [6.45, 7) is 20.6. The number of allylic oxidation sites excluding steroid dienone is 1. The molecule has 0 unspecified atom stereocenters. The maximum atomic E-state index is 4.59. The van der Waals surface area contributed by atoms with E-state index in [9.17, 15) is 0 Å². The molecule has 0 N–H and O–H groups in total. The van der Waals surface area contributed by atoms with Crippen LogP contribution in [0.5, 0.6) is 0 Å². The summed E-state index contributed by atoms with van der Waals surface area (Å²) < 4.78 is 0. The number of benzene rings is 1. The summed E-state index contributed by atoms with van der Waals surface area (Å²) in [5.74, 6) is 0. The van der Waals surface area contributed by atoms with Crippen LogP contribution in [0.25, 0.3) is 6.08 Å². The smallest absolute Gasteiger partial charge is 0.0727 e. The second-order valence-electron chi connectivity index (χ2n) is 4.93. The van der Waals surface area contributed by atoms with Crippen LogP contribution < -0.4 is 0 Å². The average Bonchev–Trinajstić information content (AvgIpc) is 2.65. The Kier molecular flexibility index (Phi) is 11.8. The lowest BCUT2D eigenvalue weighted by atomic mass is 9.94. The molecule has 0 amide bonds. The van der Waals surface area contributed by atoms with E-state index in [0.717, 1.165) is 5.69 Å². The van der Waals surface area contributed by atoms with Crippen LogP contribution in [-0.2, 0) is 0 Å². The third kappa shape index (κ3) is 7.27. The molecule has 1 heterocycles. The van der Waals surface area contributed by atoms with Gasteiger partial charge in [-0.3, -0.25) is 4.99 Å². The van der Waals surface area contributed by atoms with Crippen LogP contribution in [0, 0.1) is 19.3 Å². The molecule has 0 atom stereocenters. The summed E-state index contributed by atoms with van der Waals surface area (Å²) in [5, 5.41) is 0. The fraction of sp³-hybridized carbons (Fsp3) is 0.550. The van der Waals surface area contributed by atoms with Crippen molar-refractivity contribution < 1.29 is 0 Å². The number of nitrogens with zero attached hydrogens (tertiary/aromatic N) is 1. The van der Waals surface area contributed by atoms with Crippen LogP contribution in [0.1, 0.15) is 72.1 Å². The Morgan fingerprint density at radius 1 is 0.857 bits per heavy atom. The maximum Gasteiger partial charge on any atom is 0.0727 e. The number of hydrogen-bond acceptors (Lipinski definition) is 1. The second kappa shape index (κ2) is 11.3. The molecule has 1 nitrogen and oxygen atoms in total. The first-order valence-corrected chi connectivity index (χ1v) is 8.34. The molecular weight excluding hydrogens is 254 g/mol. The normalized spacial score (nSPS) is 13.2. The van der Waals surface area contributed by atoms with E-state index in [2.05, 4.69) is 57.0 Å². The van der Waals surface area contributed by atoms with E-state index in [1.165, 1.54) is 16.7 Å². The van der Waals surface area contributed by atoms with Gasteiger partial charge in [-0.25, -0.2) is 0 Å². The Morgan fingerprint density at radius 3 is 1.90 bits per heavy atom. The van der Waals surface area contributed by atoms with Crippen LogP contribution in [0.2, 0.25) is 0 Å².